The van der Waals surface area contributed by atoms with Crippen LogP contribution in [0, 0.1) is 11.3 Å². The van der Waals surface area contributed by atoms with Crippen molar-refractivity contribution in [2.75, 3.05) is 0 Å². The molecule has 0 saturated heterocycles. The minimum atomic E-state index is 0.0651. The van der Waals surface area contributed by atoms with Crippen LogP contribution in [-0.4, -0.2) is 19.7 Å². The summed E-state index contributed by atoms with van der Waals surface area (Å²) < 4.78 is 1.82. The predicted octanol–water partition coefficient (Wildman–Crippen LogP) is 4.52. The van der Waals surface area contributed by atoms with Crippen LogP contribution in [0.3, 0.4) is 0 Å². The van der Waals surface area contributed by atoms with E-state index in [0.29, 0.717) is 17.6 Å². The Kier molecular flexibility index (Phi) is 4.77. The first-order chi connectivity index (χ1) is 13.7. The molecule has 0 saturated carbocycles. The second kappa shape index (κ2) is 7.53. The zero-order valence-corrected chi connectivity index (χ0v) is 15.6. The number of fused-ring (bicyclic) bond motifs is 1. The molecule has 2 heterocycles. The highest BCUT2D eigenvalue weighted by Crippen LogP contribution is 2.27. The second-order valence-corrected chi connectivity index (χ2v) is 6.74. The molecule has 2 aromatic heterocycles. The molecular weight excluding hydrogens is 348 g/mol. The average Bonchev–Trinajstić information content (AvgIpc) is 3.19. The molecular formula is C23H20N4O. The molecule has 0 aliphatic rings. The molecule has 0 amide bonds. The van der Waals surface area contributed by atoms with Crippen molar-refractivity contribution in [1.29, 1.82) is 5.26 Å². The standard InChI is InChI=1S/C23H20N4O/c1-2-5-21-20(23(28)26-22-12-13-25-27(21)22)14-16-8-10-17(11-9-16)19-7-4-3-6-18(19)15-24/h3-4,6-13H,2,5,14H2,1H3,(H,26,28). The summed E-state index contributed by atoms with van der Waals surface area (Å²) in [5.41, 5.74) is 6.11. The highest BCUT2D eigenvalue weighted by atomic mass is 16.3. The van der Waals surface area contributed by atoms with E-state index in [0.717, 1.165) is 40.8 Å². The average molecular weight is 368 g/mol. The molecule has 0 atom stereocenters. The quantitative estimate of drug-likeness (QED) is 0.562. The monoisotopic (exact) mass is 368 g/mol. The van der Waals surface area contributed by atoms with E-state index in [4.69, 9.17) is 0 Å². The molecule has 0 bridgehead atoms. The van der Waals surface area contributed by atoms with Crippen molar-refractivity contribution in [3.63, 3.8) is 0 Å². The molecule has 0 spiro atoms. The molecule has 4 rings (SSSR count). The minimum Gasteiger partial charge on any atom is -0.493 e. The topological polar surface area (TPSA) is 74.2 Å². The van der Waals surface area contributed by atoms with E-state index in [9.17, 15) is 10.4 Å². The smallest absolute Gasteiger partial charge is 0.218 e. The van der Waals surface area contributed by atoms with Gasteiger partial charge in [0.25, 0.3) is 0 Å². The van der Waals surface area contributed by atoms with Crippen LogP contribution in [0.2, 0.25) is 0 Å². The van der Waals surface area contributed by atoms with E-state index in [2.05, 4.69) is 23.1 Å². The van der Waals surface area contributed by atoms with E-state index >= 15 is 0 Å². The number of hydrogen-bond donors (Lipinski definition) is 1. The Morgan fingerprint density at radius 3 is 2.61 bits per heavy atom. The molecule has 5 heteroatoms. The number of aryl methyl sites for hydroxylation is 1. The molecule has 1 N–H and O–H groups in total. The lowest BCUT2D eigenvalue weighted by molar-refractivity contribution is 0.444. The molecule has 2 aromatic carbocycles. The third-order valence-corrected chi connectivity index (χ3v) is 4.90. The summed E-state index contributed by atoms with van der Waals surface area (Å²) in [6.45, 7) is 2.11. The highest BCUT2D eigenvalue weighted by molar-refractivity contribution is 5.70. The van der Waals surface area contributed by atoms with Gasteiger partial charge < -0.3 is 5.11 Å². The first kappa shape index (κ1) is 17.7. The van der Waals surface area contributed by atoms with Crippen LogP contribution >= 0.6 is 0 Å². The van der Waals surface area contributed by atoms with Gasteiger partial charge in [-0.15, -0.1) is 0 Å². The molecule has 4 aromatic rings. The maximum Gasteiger partial charge on any atom is 0.218 e. The van der Waals surface area contributed by atoms with Crippen LogP contribution in [0.25, 0.3) is 16.8 Å². The first-order valence-corrected chi connectivity index (χ1v) is 9.34. The summed E-state index contributed by atoms with van der Waals surface area (Å²) >= 11 is 0. The maximum atomic E-state index is 10.5. The SMILES string of the molecule is CCCc1c(Cc2ccc(-c3ccccc3C#N)cc2)c(O)nc2ccnn12. The third-order valence-electron chi connectivity index (χ3n) is 4.90. The number of aromatic hydroxyl groups is 1. The van der Waals surface area contributed by atoms with Crippen LogP contribution in [-0.2, 0) is 12.8 Å². The maximum absolute atomic E-state index is 10.5. The van der Waals surface area contributed by atoms with Crippen molar-refractivity contribution < 1.29 is 5.11 Å². The zero-order valence-electron chi connectivity index (χ0n) is 15.6. The van der Waals surface area contributed by atoms with Gasteiger partial charge in [0.1, 0.15) is 0 Å². The van der Waals surface area contributed by atoms with Gasteiger partial charge in [-0.05, 0) is 29.2 Å². The van der Waals surface area contributed by atoms with E-state index in [1.165, 1.54) is 0 Å². The Morgan fingerprint density at radius 2 is 1.86 bits per heavy atom. The van der Waals surface area contributed by atoms with Crippen LogP contribution < -0.4 is 0 Å². The van der Waals surface area contributed by atoms with Gasteiger partial charge in [0.15, 0.2) is 5.65 Å². The van der Waals surface area contributed by atoms with Crippen LogP contribution in [0.4, 0.5) is 0 Å². The lowest BCUT2D eigenvalue weighted by atomic mass is 9.97. The molecule has 28 heavy (non-hydrogen) atoms. The summed E-state index contributed by atoms with van der Waals surface area (Å²) in [5.74, 6) is 0.0651. The van der Waals surface area contributed by atoms with Gasteiger partial charge >= 0.3 is 0 Å². The Morgan fingerprint density at radius 1 is 1.07 bits per heavy atom. The number of rotatable bonds is 5. The molecule has 0 fully saturated rings. The Labute approximate surface area is 163 Å². The van der Waals surface area contributed by atoms with Gasteiger partial charge in [0.05, 0.1) is 23.5 Å². The largest absolute Gasteiger partial charge is 0.493 e. The molecule has 0 radical (unpaired) electrons. The van der Waals surface area contributed by atoms with Gasteiger partial charge in [0, 0.05) is 18.1 Å². The third kappa shape index (κ3) is 3.21. The van der Waals surface area contributed by atoms with Gasteiger partial charge in [-0.3, -0.25) is 0 Å². The van der Waals surface area contributed by atoms with Gasteiger partial charge in [-0.2, -0.15) is 15.3 Å². The van der Waals surface area contributed by atoms with E-state index in [1.54, 1.807) is 12.3 Å². The minimum absolute atomic E-state index is 0.0651. The summed E-state index contributed by atoms with van der Waals surface area (Å²) in [5, 5.41) is 24.2. The molecule has 138 valence electrons. The summed E-state index contributed by atoms with van der Waals surface area (Å²) in [7, 11) is 0. The molecule has 0 aliphatic carbocycles. The summed E-state index contributed by atoms with van der Waals surface area (Å²) in [6.07, 6.45) is 4.04. The van der Waals surface area contributed by atoms with Gasteiger partial charge in [-0.1, -0.05) is 55.8 Å². The second-order valence-electron chi connectivity index (χ2n) is 6.74. The lowest BCUT2D eigenvalue weighted by Crippen LogP contribution is -2.07. The highest BCUT2D eigenvalue weighted by Gasteiger charge is 2.15. The molecule has 0 unspecified atom stereocenters. The molecule has 0 aliphatic heterocycles. The predicted molar refractivity (Wildman–Crippen MR) is 108 cm³/mol. The fourth-order valence-corrected chi connectivity index (χ4v) is 3.54. The van der Waals surface area contributed by atoms with Crippen molar-refractivity contribution in [3.8, 4) is 23.1 Å². The summed E-state index contributed by atoms with van der Waals surface area (Å²) in [4.78, 5) is 4.28. The Balaban J connectivity index is 1.69. The van der Waals surface area contributed by atoms with Gasteiger partial charge in [0.2, 0.25) is 5.88 Å². The number of benzene rings is 2. The fraction of sp³-hybridized carbons (Fsp3) is 0.174. The van der Waals surface area contributed by atoms with Crippen LogP contribution in [0.1, 0.15) is 35.7 Å². The number of nitriles is 1. The van der Waals surface area contributed by atoms with Crippen molar-refractivity contribution in [2.24, 2.45) is 0 Å². The lowest BCUT2D eigenvalue weighted by Gasteiger charge is -2.13. The number of aromatic nitrogens is 3. The van der Waals surface area contributed by atoms with E-state index in [-0.39, 0.29) is 5.88 Å². The van der Waals surface area contributed by atoms with Gasteiger partial charge in [-0.25, -0.2) is 4.52 Å². The van der Waals surface area contributed by atoms with Crippen molar-refractivity contribution in [2.45, 2.75) is 26.2 Å². The number of hydrogen-bond acceptors (Lipinski definition) is 4. The van der Waals surface area contributed by atoms with Crippen molar-refractivity contribution in [3.05, 3.63) is 83.2 Å². The number of nitrogens with zero attached hydrogens (tertiary/aromatic N) is 4. The Bertz CT molecular complexity index is 1170. The first-order valence-electron chi connectivity index (χ1n) is 9.34. The van der Waals surface area contributed by atoms with Crippen LogP contribution in [0.5, 0.6) is 5.88 Å². The van der Waals surface area contributed by atoms with Crippen molar-refractivity contribution in [1.82, 2.24) is 14.6 Å². The van der Waals surface area contributed by atoms with E-state index in [1.807, 2.05) is 53.0 Å². The van der Waals surface area contributed by atoms with E-state index < -0.39 is 0 Å². The zero-order chi connectivity index (χ0) is 19.5. The Hall–Kier alpha value is -3.65. The van der Waals surface area contributed by atoms with Crippen LogP contribution in [0.15, 0.2) is 60.8 Å². The fourth-order valence-electron chi connectivity index (χ4n) is 3.54. The summed E-state index contributed by atoms with van der Waals surface area (Å²) in [6, 6.07) is 19.7. The van der Waals surface area contributed by atoms with Crippen molar-refractivity contribution >= 4 is 5.65 Å². The normalized spacial score (nSPS) is 10.9. The molecule has 5 nitrogen and oxygen atoms in total.